The van der Waals surface area contributed by atoms with Crippen molar-refractivity contribution in [3.63, 3.8) is 0 Å². The molecule has 0 aliphatic rings. The van der Waals surface area contributed by atoms with Crippen molar-refractivity contribution in [1.29, 1.82) is 0 Å². The number of aromatic nitrogens is 2. The fourth-order valence-electron chi connectivity index (χ4n) is 1.79. The van der Waals surface area contributed by atoms with Crippen LogP contribution in [-0.4, -0.2) is 23.5 Å². The van der Waals surface area contributed by atoms with Gasteiger partial charge in [-0.1, -0.05) is 19.1 Å². The van der Waals surface area contributed by atoms with Gasteiger partial charge < -0.3 is 5.32 Å². The molecule has 0 aliphatic carbocycles. The minimum absolute atomic E-state index is 0.644. The molecule has 0 saturated carbocycles. The maximum Gasteiger partial charge on any atom is 0.125 e. The van der Waals surface area contributed by atoms with E-state index in [4.69, 9.17) is 0 Å². The first-order valence-corrected chi connectivity index (χ1v) is 6.08. The molecular weight excluding hydrogens is 248 g/mol. The molecule has 0 aliphatic heterocycles. The van der Waals surface area contributed by atoms with Gasteiger partial charge in [-0.25, -0.2) is 0 Å². The fraction of sp³-hybridized carbons (Fsp3) is 0.357. The van der Waals surface area contributed by atoms with E-state index in [9.17, 15) is 8.78 Å². The van der Waals surface area contributed by atoms with Crippen LogP contribution in [0.3, 0.4) is 0 Å². The Bertz CT molecular complexity index is 534. The van der Waals surface area contributed by atoms with E-state index in [1.807, 2.05) is 13.0 Å². The minimum atomic E-state index is -1.09. The van der Waals surface area contributed by atoms with E-state index in [-0.39, 0.29) is 0 Å². The molecule has 3 nitrogen and oxygen atoms in total. The van der Waals surface area contributed by atoms with E-state index in [0.29, 0.717) is 5.56 Å². The van der Waals surface area contributed by atoms with Gasteiger partial charge in [0, 0.05) is 17.2 Å². The Kier molecular flexibility index (Phi) is 3.83. The quantitative estimate of drug-likeness (QED) is 0.866. The van der Waals surface area contributed by atoms with Gasteiger partial charge >= 0.3 is 0 Å². The molecule has 0 saturated heterocycles. The number of hydrogen-bond acceptors (Lipinski definition) is 2. The number of nitrogens with one attached hydrogen (secondary N) is 2. The molecule has 0 atom stereocenters. The van der Waals surface area contributed by atoms with Crippen LogP contribution in [-0.2, 0) is 5.41 Å². The van der Waals surface area contributed by atoms with Crippen molar-refractivity contribution < 1.29 is 8.78 Å². The van der Waals surface area contributed by atoms with Gasteiger partial charge in [0.15, 0.2) is 0 Å². The lowest BCUT2D eigenvalue weighted by atomic mass is 9.84. The zero-order chi connectivity index (χ0) is 13.9. The van der Waals surface area contributed by atoms with Crippen molar-refractivity contribution in [2.75, 3.05) is 18.7 Å². The lowest BCUT2D eigenvalue weighted by Crippen LogP contribution is -2.27. The summed E-state index contributed by atoms with van der Waals surface area (Å²) in [5.74, 6) is 0.738. The van der Waals surface area contributed by atoms with Gasteiger partial charge in [-0.2, -0.15) is 5.10 Å². The molecule has 1 aromatic heterocycles. The average Bonchev–Trinajstić information content (AvgIpc) is 2.93. The second-order valence-electron chi connectivity index (χ2n) is 4.95. The number of aryl methyl sites for hydroxylation is 1. The Morgan fingerprint density at radius 3 is 2.58 bits per heavy atom. The molecule has 0 bridgehead atoms. The second kappa shape index (κ2) is 5.38. The topological polar surface area (TPSA) is 40.7 Å². The normalized spacial score (nSPS) is 11.6. The smallest absolute Gasteiger partial charge is 0.125 e. The average molecular weight is 265 g/mol. The Balaban J connectivity index is 2.34. The molecule has 5 heteroatoms. The van der Waals surface area contributed by atoms with Gasteiger partial charge in [0.05, 0.1) is 6.20 Å². The summed E-state index contributed by atoms with van der Waals surface area (Å²) in [6.45, 7) is 2.06. The molecule has 2 N–H and O–H groups in total. The van der Waals surface area contributed by atoms with E-state index in [1.54, 1.807) is 31.3 Å². The molecule has 19 heavy (non-hydrogen) atoms. The number of rotatable bonds is 5. The minimum Gasteiger partial charge on any atom is -0.340 e. The Morgan fingerprint density at radius 2 is 2.00 bits per heavy atom. The largest absolute Gasteiger partial charge is 0.340 e. The first-order valence-electron chi connectivity index (χ1n) is 6.08. The summed E-state index contributed by atoms with van der Waals surface area (Å²) in [6.07, 6.45) is 1.63. The standard InChI is InChI=1S/C14H17F2N3/c1-10-3-4-11(14(2,8-15)9-16)7-12(10)18-13-5-6-17-19-13/h3-7H,8-9H2,1-2H3,(H2,17,18,19). The van der Waals surface area contributed by atoms with E-state index < -0.39 is 18.8 Å². The lowest BCUT2D eigenvalue weighted by molar-refractivity contribution is 0.258. The highest BCUT2D eigenvalue weighted by molar-refractivity contribution is 5.61. The Hall–Kier alpha value is -1.91. The van der Waals surface area contributed by atoms with Crippen LogP contribution in [0.5, 0.6) is 0 Å². The van der Waals surface area contributed by atoms with Crippen LogP contribution < -0.4 is 5.32 Å². The van der Waals surface area contributed by atoms with Crippen LogP contribution >= 0.6 is 0 Å². The first kappa shape index (κ1) is 13.5. The van der Waals surface area contributed by atoms with Crippen LogP contribution in [0, 0.1) is 6.92 Å². The number of nitrogens with zero attached hydrogens (tertiary/aromatic N) is 1. The summed E-state index contributed by atoms with van der Waals surface area (Å²) >= 11 is 0. The number of halogens is 2. The van der Waals surface area contributed by atoms with Gasteiger partial charge in [0.1, 0.15) is 19.2 Å². The number of hydrogen-bond donors (Lipinski definition) is 2. The monoisotopic (exact) mass is 265 g/mol. The number of benzene rings is 1. The van der Waals surface area contributed by atoms with Crippen LogP contribution in [0.1, 0.15) is 18.1 Å². The van der Waals surface area contributed by atoms with Crippen molar-refractivity contribution in [2.45, 2.75) is 19.3 Å². The summed E-state index contributed by atoms with van der Waals surface area (Å²) < 4.78 is 26.1. The SMILES string of the molecule is Cc1ccc(C(C)(CF)CF)cc1Nc1ccn[nH]1. The van der Waals surface area contributed by atoms with Crippen LogP contribution in [0.25, 0.3) is 0 Å². The van der Waals surface area contributed by atoms with Gasteiger partial charge in [-0.15, -0.1) is 0 Å². The lowest BCUT2D eigenvalue weighted by Gasteiger charge is -2.24. The number of aromatic amines is 1. The highest BCUT2D eigenvalue weighted by Gasteiger charge is 2.27. The van der Waals surface area contributed by atoms with E-state index in [0.717, 1.165) is 17.1 Å². The molecule has 2 aromatic rings. The highest BCUT2D eigenvalue weighted by Crippen LogP contribution is 2.30. The predicted octanol–water partition coefficient (Wildman–Crippen LogP) is 3.66. The fourth-order valence-corrected chi connectivity index (χ4v) is 1.79. The zero-order valence-electron chi connectivity index (χ0n) is 11.0. The van der Waals surface area contributed by atoms with Gasteiger partial charge in [-0.3, -0.25) is 13.9 Å². The molecular formula is C14H17F2N3. The predicted molar refractivity (Wildman–Crippen MR) is 72.4 cm³/mol. The zero-order valence-corrected chi connectivity index (χ0v) is 11.0. The van der Waals surface area contributed by atoms with E-state index in [2.05, 4.69) is 15.5 Å². The molecule has 0 fully saturated rings. The van der Waals surface area contributed by atoms with Crippen molar-refractivity contribution in [1.82, 2.24) is 10.2 Å². The summed E-state index contributed by atoms with van der Waals surface area (Å²) in [5, 5.41) is 9.78. The van der Waals surface area contributed by atoms with E-state index >= 15 is 0 Å². The third-order valence-electron chi connectivity index (χ3n) is 3.29. The summed E-state index contributed by atoms with van der Waals surface area (Å²) in [6, 6.07) is 7.20. The van der Waals surface area contributed by atoms with E-state index in [1.165, 1.54) is 0 Å². The Morgan fingerprint density at radius 1 is 1.26 bits per heavy atom. The van der Waals surface area contributed by atoms with Gasteiger partial charge in [-0.05, 0) is 24.1 Å². The highest BCUT2D eigenvalue weighted by atomic mass is 19.1. The van der Waals surface area contributed by atoms with Crippen molar-refractivity contribution in [3.8, 4) is 0 Å². The molecule has 2 rings (SSSR count). The molecule has 102 valence electrons. The van der Waals surface area contributed by atoms with Crippen LogP contribution in [0.4, 0.5) is 20.3 Å². The molecule has 1 heterocycles. The molecule has 1 aromatic carbocycles. The first-order chi connectivity index (χ1) is 9.09. The van der Waals surface area contributed by atoms with Gasteiger partial charge in [0.25, 0.3) is 0 Å². The summed E-state index contributed by atoms with van der Waals surface area (Å²) in [4.78, 5) is 0. The summed E-state index contributed by atoms with van der Waals surface area (Å²) in [7, 11) is 0. The maximum atomic E-state index is 13.1. The third-order valence-corrected chi connectivity index (χ3v) is 3.29. The van der Waals surface area contributed by atoms with Crippen LogP contribution in [0.15, 0.2) is 30.5 Å². The van der Waals surface area contributed by atoms with Crippen molar-refractivity contribution in [2.24, 2.45) is 0 Å². The van der Waals surface area contributed by atoms with Gasteiger partial charge in [0.2, 0.25) is 0 Å². The molecule has 0 radical (unpaired) electrons. The Labute approximate surface area is 111 Å². The summed E-state index contributed by atoms with van der Waals surface area (Å²) in [5.41, 5.74) is 1.37. The molecule has 0 unspecified atom stereocenters. The number of alkyl halides is 2. The molecule has 0 spiro atoms. The van der Waals surface area contributed by atoms with Crippen molar-refractivity contribution >= 4 is 11.5 Å². The number of H-pyrrole nitrogens is 1. The molecule has 0 amide bonds. The maximum absolute atomic E-state index is 13.1. The number of anilines is 2. The second-order valence-corrected chi connectivity index (χ2v) is 4.95. The third kappa shape index (κ3) is 2.75. The van der Waals surface area contributed by atoms with Crippen LogP contribution in [0.2, 0.25) is 0 Å². The van der Waals surface area contributed by atoms with Crippen molar-refractivity contribution in [3.05, 3.63) is 41.6 Å².